The van der Waals surface area contributed by atoms with Crippen molar-refractivity contribution in [3.8, 4) is 0 Å². The zero-order valence-corrected chi connectivity index (χ0v) is 12.9. The maximum Gasteiger partial charge on any atom is 0.243 e. The quantitative estimate of drug-likeness (QED) is 0.803. The fourth-order valence-electron chi connectivity index (χ4n) is 2.52. The van der Waals surface area contributed by atoms with Crippen LogP contribution in [0.4, 0.5) is 0 Å². The first-order valence-electron chi connectivity index (χ1n) is 6.73. The number of benzene rings is 1. The first-order valence-corrected chi connectivity index (χ1v) is 8.17. The van der Waals surface area contributed by atoms with E-state index >= 15 is 0 Å². The molecule has 0 amide bonds. The van der Waals surface area contributed by atoms with Crippen LogP contribution >= 0.6 is 0 Å². The van der Waals surface area contributed by atoms with E-state index in [1.165, 1.54) is 0 Å². The Kier molecular flexibility index (Phi) is 6.39. The van der Waals surface area contributed by atoms with Gasteiger partial charge >= 0.3 is 0 Å². The van der Waals surface area contributed by atoms with Crippen LogP contribution in [-0.4, -0.2) is 54.8 Å². The third-order valence-corrected chi connectivity index (χ3v) is 5.51. The standard InChI is InChI=1S/C14H17N3O2S.2H2O/c18-20(19,17-9-2-6-15-8-10-17)14-4-1-3-12-11-16-7-5-13(12)14;;/h1,3-5,7,11,15H,2,6,8-10H2;2*1H2. The van der Waals surface area contributed by atoms with E-state index in [9.17, 15) is 8.42 Å². The lowest BCUT2D eigenvalue weighted by atomic mass is 10.2. The molecular weight excluding hydrogens is 306 g/mol. The van der Waals surface area contributed by atoms with E-state index in [2.05, 4.69) is 10.3 Å². The van der Waals surface area contributed by atoms with Gasteiger partial charge in [0, 0.05) is 42.8 Å². The van der Waals surface area contributed by atoms with Gasteiger partial charge in [-0.2, -0.15) is 4.31 Å². The Morgan fingerprint density at radius 1 is 1.09 bits per heavy atom. The van der Waals surface area contributed by atoms with Gasteiger partial charge in [-0.05, 0) is 25.1 Å². The lowest BCUT2D eigenvalue weighted by Crippen LogP contribution is -2.34. The third-order valence-electron chi connectivity index (χ3n) is 3.56. The molecule has 0 saturated carbocycles. The summed E-state index contributed by atoms with van der Waals surface area (Å²) in [4.78, 5) is 4.42. The molecule has 2 aromatic rings. The predicted octanol–water partition coefficient (Wildman–Crippen LogP) is -0.431. The van der Waals surface area contributed by atoms with E-state index in [0.717, 1.165) is 23.7 Å². The Balaban J connectivity index is 0.00000121. The van der Waals surface area contributed by atoms with Gasteiger partial charge in [-0.15, -0.1) is 0 Å². The summed E-state index contributed by atoms with van der Waals surface area (Å²) in [5.41, 5.74) is 0. The monoisotopic (exact) mass is 327 g/mol. The van der Waals surface area contributed by atoms with Crippen LogP contribution in [0.3, 0.4) is 0 Å². The molecule has 7 nitrogen and oxygen atoms in total. The summed E-state index contributed by atoms with van der Waals surface area (Å²) in [5.74, 6) is 0. The summed E-state index contributed by atoms with van der Waals surface area (Å²) in [6.45, 7) is 2.65. The summed E-state index contributed by atoms with van der Waals surface area (Å²) in [6, 6.07) is 7.09. The van der Waals surface area contributed by atoms with Gasteiger partial charge in [0.05, 0.1) is 4.90 Å². The maximum absolute atomic E-state index is 12.8. The highest BCUT2D eigenvalue weighted by Crippen LogP contribution is 2.25. The van der Waals surface area contributed by atoms with Crippen molar-refractivity contribution >= 4 is 20.8 Å². The second kappa shape index (κ2) is 7.61. The highest BCUT2D eigenvalue weighted by Gasteiger charge is 2.26. The molecule has 1 saturated heterocycles. The first kappa shape index (κ1) is 18.5. The Bertz CT molecular complexity index is 708. The molecule has 2 heterocycles. The average Bonchev–Trinajstić information content (AvgIpc) is 2.76. The number of aromatic nitrogens is 1. The van der Waals surface area contributed by atoms with Crippen LogP contribution in [0.25, 0.3) is 10.8 Å². The Morgan fingerprint density at radius 2 is 1.91 bits per heavy atom. The molecule has 0 atom stereocenters. The van der Waals surface area contributed by atoms with Crippen LogP contribution in [0.15, 0.2) is 41.6 Å². The van der Waals surface area contributed by atoms with Crippen molar-refractivity contribution in [3.05, 3.63) is 36.7 Å². The summed E-state index contributed by atoms with van der Waals surface area (Å²) < 4.78 is 27.2. The van der Waals surface area contributed by atoms with Crippen molar-refractivity contribution in [2.24, 2.45) is 0 Å². The maximum atomic E-state index is 12.8. The van der Waals surface area contributed by atoms with Crippen LogP contribution in [0.2, 0.25) is 0 Å². The SMILES string of the molecule is O.O.O=S(=O)(c1cccc2cnccc12)N1CCCNCC1. The van der Waals surface area contributed by atoms with Gasteiger partial charge < -0.3 is 16.3 Å². The van der Waals surface area contributed by atoms with Crippen LogP contribution in [0.5, 0.6) is 0 Å². The zero-order chi connectivity index (χ0) is 14.0. The van der Waals surface area contributed by atoms with Crippen molar-refractivity contribution < 1.29 is 19.4 Å². The molecule has 8 heteroatoms. The van der Waals surface area contributed by atoms with Crippen molar-refractivity contribution in [2.75, 3.05) is 26.2 Å². The van der Waals surface area contributed by atoms with Gasteiger partial charge in [-0.25, -0.2) is 8.42 Å². The van der Waals surface area contributed by atoms with Gasteiger partial charge in [0.25, 0.3) is 0 Å². The Morgan fingerprint density at radius 3 is 2.73 bits per heavy atom. The van der Waals surface area contributed by atoms with Gasteiger partial charge in [0.15, 0.2) is 0 Å². The van der Waals surface area contributed by atoms with Crippen molar-refractivity contribution in [1.29, 1.82) is 0 Å². The van der Waals surface area contributed by atoms with E-state index < -0.39 is 10.0 Å². The second-order valence-electron chi connectivity index (χ2n) is 4.86. The highest BCUT2D eigenvalue weighted by molar-refractivity contribution is 7.89. The molecule has 1 aromatic heterocycles. The lowest BCUT2D eigenvalue weighted by Gasteiger charge is -2.20. The van der Waals surface area contributed by atoms with E-state index in [-0.39, 0.29) is 11.0 Å². The molecular formula is C14H21N3O4S. The van der Waals surface area contributed by atoms with E-state index in [0.29, 0.717) is 24.5 Å². The topological polar surface area (TPSA) is 125 Å². The fourth-order valence-corrected chi connectivity index (χ4v) is 4.21. The largest absolute Gasteiger partial charge is 0.412 e. The number of hydrogen-bond acceptors (Lipinski definition) is 4. The van der Waals surface area contributed by atoms with Crippen molar-refractivity contribution in [1.82, 2.24) is 14.6 Å². The summed E-state index contributed by atoms with van der Waals surface area (Å²) in [6.07, 6.45) is 4.16. The molecule has 1 fully saturated rings. The molecule has 5 N–H and O–H groups in total. The van der Waals surface area contributed by atoms with Gasteiger partial charge in [0.1, 0.15) is 0 Å². The van der Waals surface area contributed by atoms with E-state index in [4.69, 9.17) is 0 Å². The molecule has 0 bridgehead atoms. The summed E-state index contributed by atoms with van der Waals surface area (Å²) in [7, 11) is -3.45. The van der Waals surface area contributed by atoms with E-state index in [1.807, 2.05) is 6.07 Å². The molecule has 122 valence electrons. The minimum absolute atomic E-state index is 0. The fraction of sp³-hybridized carbons (Fsp3) is 0.357. The van der Waals surface area contributed by atoms with Crippen LogP contribution < -0.4 is 5.32 Å². The average molecular weight is 327 g/mol. The molecule has 1 aromatic carbocycles. The number of sulfonamides is 1. The molecule has 22 heavy (non-hydrogen) atoms. The third kappa shape index (κ3) is 3.42. The molecule has 0 radical (unpaired) electrons. The Labute approximate surface area is 129 Å². The molecule has 1 aliphatic heterocycles. The molecule has 1 aliphatic rings. The number of fused-ring (bicyclic) bond motifs is 1. The number of rotatable bonds is 2. The van der Waals surface area contributed by atoms with Crippen molar-refractivity contribution in [2.45, 2.75) is 11.3 Å². The zero-order valence-electron chi connectivity index (χ0n) is 12.1. The Hall–Kier alpha value is -1.58. The number of pyridine rings is 1. The minimum atomic E-state index is -3.45. The van der Waals surface area contributed by atoms with Gasteiger partial charge in [-0.1, -0.05) is 12.1 Å². The second-order valence-corrected chi connectivity index (χ2v) is 6.77. The molecule has 0 aliphatic carbocycles. The minimum Gasteiger partial charge on any atom is -0.412 e. The molecule has 0 unspecified atom stereocenters. The lowest BCUT2D eigenvalue weighted by molar-refractivity contribution is 0.432. The smallest absolute Gasteiger partial charge is 0.243 e. The summed E-state index contributed by atoms with van der Waals surface area (Å²) in [5, 5.41) is 4.81. The van der Waals surface area contributed by atoms with Crippen LogP contribution in [0.1, 0.15) is 6.42 Å². The van der Waals surface area contributed by atoms with Gasteiger partial charge in [-0.3, -0.25) is 4.98 Å². The summed E-state index contributed by atoms with van der Waals surface area (Å²) >= 11 is 0. The predicted molar refractivity (Wildman–Crippen MR) is 85.2 cm³/mol. The van der Waals surface area contributed by atoms with E-state index in [1.54, 1.807) is 34.9 Å². The normalized spacial score (nSPS) is 16.4. The molecule has 3 rings (SSSR count). The van der Waals surface area contributed by atoms with Gasteiger partial charge in [0.2, 0.25) is 10.0 Å². The first-order chi connectivity index (χ1) is 9.69. The number of nitrogens with one attached hydrogen (secondary N) is 1. The number of nitrogens with zero attached hydrogens (tertiary/aromatic N) is 2. The highest BCUT2D eigenvalue weighted by atomic mass is 32.2. The van der Waals surface area contributed by atoms with Crippen molar-refractivity contribution in [3.63, 3.8) is 0 Å². The molecule has 0 spiro atoms. The number of hydrogen-bond donors (Lipinski definition) is 1. The van der Waals surface area contributed by atoms with Crippen LogP contribution in [0, 0.1) is 0 Å². The van der Waals surface area contributed by atoms with Crippen LogP contribution in [-0.2, 0) is 10.0 Å².